The lowest BCUT2D eigenvalue weighted by molar-refractivity contribution is -0.0444. The van der Waals surface area contributed by atoms with Crippen molar-refractivity contribution in [2.45, 2.75) is 38.2 Å². The Hall–Kier alpha value is -2.73. The van der Waals surface area contributed by atoms with E-state index in [1.54, 1.807) is 33.5 Å². The van der Waals surface area contributed by atoms with Gasteiger partial charge in [-0.3, -0.25) is 0 Å². The van der Waals surface area contributed by atoms with Crippen molar-refractivity contribution in [3.63, 3.8) is 0 Å². The van der Waals surface area contributed by atoms with Gasteiger partial charge in [0.05, 0.1) is 26.9 Å². The molecular weight excluding hydrogens is 418 g/mol. The zero-order chi connectivity index (χ0) is 23.2. The van der Waals surface area contributed by atoms with Gasteiger partial charge in [0.2, 0.25) is 5.75 Å². The molecule has 2 bridgehead atoms. The predicted molar refractivity (Wildman–Crippen MR) is 127 cm³/mol. The number of fused-ring (bicyclic) bond motifs is 2. The summed E-state index contributed by atoms with van der Waals surface area (Å²) in [5.74, 6) is 1.79. The van der Waals surface area contributed by atoms with Crippen LogP contribution in [0, 0.1) is 11.8 Å². The molecule has 0 radical (unpaired) electrons. The topological polar surface area (TPSA) is 57.2 Å². The van der Waals surface area contributed by atoms with Gasteiger partial charge in [-0.2, -0.15) is 0 Å². The van der Waals surface area contributed by atoms with Gasteiger partial charge in [-0.25, -0.2) is 4.79 Å². The van der Waals surface area contributed by atoms with E-state index in [9.17, 15) is 4.79 Å². The van der Waals surface area contributed by atoms with Gasteiger partial charge in [0, 0.05) is 31.5 Å². The monoisotopic (exact) mass is 453 g/mol. The molecule has 1 saturated heterocycles. The van der Waals surface area contributed by atoms with Crippen molar-refractivity contribution < 1.29 is 23.7 Å². The van der Waals surface area contributed by atoms with E-state index in [1.807, 2.05) is 0 Å². The summed E-state index contributed by atoms with van der Waals surface area (Å²) in [7, 11) is 4.65. The molecule has 33 heavy (non-hydrogen) atoms. The summed E-state index contributed by atoms with van der Waals surface area (Å²) >= 11 is 0. The minimum absolute atomic E-state index is 0.0490. The summed E-state index contributed by atoms with van der Waals surface area (Å²) in [5, 5.41) is 0. The molecule has 178 valence electrons. The number of hydrogen-bond acceptors (Lipinski definition) is 6. The van der Waals surface area contributed by atoms with Crippen LogP contribution >= 0.6 is 0 Å². The molecular formula is C27H35NO5. The maximum absolute atomic E-state index is 13.2. The van der Waals surface area contributed by atoms with Crippen LogP contribution < -0.4 is 14.2 Å². The van der Waals surface area contributed by atoms with Crippen LogP contribution in [-0.4, -0.2) is 57.9 Å². The average molecular weight is 454 g/mol. The number of hydrogen-bond donors (Lipinski definition) is 0. The summed E-state index contributed by atoms with van der Waals surface area (Å²) < 4.78 is 22.4. The maximum atomic E-state index is 13.2. The highest BCUT2D eigenvalue weighted by molar-refractivity contribution is 5.91. The molecule has 0 N–H and O–H groups in total. The van der Waals surface area contributed by atoms with Crippen LogP contribution in [-0.2, 0) is 11.2 Å². The average Bonchev–Trinajstić information content (AvgIpc) is 2.96. The van der Waals surface area contributed by atoms with Crippen molar-refractivity contribution in [1.29, 1.82) is 0 Å². The minimum Gasteiger partial charge on any atom is -0.493 e. The van der Waals surface area contributed by atoms with Crippen LogP contribution in [0.4, 0.5) is 0 Å². The summed E-state index contributed by atoms with van der Waals surface area (Å²) in [6.07, 6.45) is 5.61. The number of benzene rings is 2. The third-order valence-corrected chi connectivity index (χ3v) is 7.02. The molecule has 6 nitrogen and oxygen atoms in total. The smallest absolute Gasteiger partial charge is 0.338 e. The second-order valence-corrected chi connectivity index (χ2v) is 9.08. The fourth-order valence-corrected chi connectivity index (χ4v) is 5.35. The number of nitrogens with zero attached hydrogens (tertiary/aromatic N) is 1. The fourth-order valence-electron chi connectivity index (χ4n) is 5.35. The Morgan fingerprint density at radius 3 is 2.06 bits per heavy atom. The second-order valence-electron chi connectivity index (χ2n) is 9.08. The van der Waals surface area contributed by atoms with Gasteiger partial charge in [0.1, 0.15) is 6.10 Å². The number of piperidine rings is 1. The third-order valence-electron chi connectivity index (χ3n) is 7.02. The highest BCUT2D eigenvalue weighted by Crippen LogP contribution is 2.40. The fraction of sp³-hybridized carbons (Fsp3) is 0.519. The van der Waals surface area contributed by atoms with E-state index in [-0.39, 0.29) is 12.1 Å². The molecule has 6 heteroatoms. The molecule has 3 atom stereocenters. The summed E-state index contributed by atoms with van der Waals surface area (Å²) in [6.45, 7) is 3.01. The molecule has 2 fully saturated rings. The Kier molecular flexibility index (Phi) is 7.76. The van der Waals surface area contributed by atoms with Gasteiger partial charge in [-0.05, 0) is 37.0 Å². The van der Waals surface area contributed by atoms with Gasteiger partial charge in [0.25, 0.3) is 0 Å². The largest absolute Gasteiger partial charge is 0.493 e. The molecule has 4 rings (SSSR count). The third kappa shape index (κ3) is 5.44. The normalized spacial score (nSPS) is 22.8. The molecule has 0 spiro atoms. The molecule has 0 amide bonds. The van der Waals surface area contributed by atoms with E-state index >= 15 is 0 Å². The molecule has 1 aliphatic heterocycles. The number of rotatable bonds is 8. The highest BCUT2D eigenvalue weighted by Gasteiger charge is 2.40. The first-order valence-electron chi connectivity index (χ1n) is 11.9. The van der Waals surface area contributed by atoms with Gasteiger partial charge >= 0.3 is 5.97 Å². The number of carbonyl (C=O) groups is 1. The number of carbonyl (C=O) groups excluding carboxylic acids is 1. The van der Waals surface area contributed by atoms with Crippen molar-refractivity contribution in [2.24, 2.45) is 11.8 Å². The first kappa shape index (κ1) is 23.4. The number of likely N-dealkylation sites (tertiary alicyclic amines) is 1. The van der Waals surface area contributed by atoms with Gasteiger partial charge in [0.15, 0.2) is 11.5 Å². The quantitative estimate of drug-likeness (QED) is 0.545. The molecule has 2 aromatic carbocycles. The van der Waals surface area contributed by atoms with Crippen LogP contribution in [0.1, 0.15) is 41.6 Å². The first-order chi connectivity index (χ1) is 16.1. The summed E-state index contributed by atoms with van der Waals surface area (Å²) in [5.41, 5.74) is 1.80. The Labute approximate surface area is 196 Å². The minimum atomic E-state index is -0.325. The van der Waals surface area contributed by atoms with Gasteiger partial charge in [-0.15, -0.1) is 0 Å². The highest BCUT2D eigenvalue weighted by atomic mass is 16.5. The molecule has 2 aromatic rings. The van der Waals surface area contributed by atoms with E-state index < -0.39 is 0 Å². The van der Waals surface area contributed by atoms with E-state index in [0.29, 0.717) is 34.6 Å². The van der Waals surface area contributed by atoms with Crippen LogP contribution in [0.25, 0.3) is 0 Å². The maximum Gasteiger partial charge on any atom is 0.338 e. The van der Waals surface area contributed by atoms with E-state index in [2.05, 4.69) is 35.2 Å². The van der Waals surface area contributed by atoms with Gasteiger partial charge < -0.3 is 23.8 Å². The van der Waals surface area contributed by atoms with Crippen LogP contribution in [0.15, 0.2) is 42.5 Å². The molecule has 1 heterocycles. The van der Waals surface area contributed by atoms with E-state index in [1.165, 1.54) is 18.4 Å². The Morgan fingerprint density at radius 2 is 1.52 bits per heavy atom. The van der Waals surface area contributed by atoms with E-state index in [4.69, 9.17) is 18.9 Å². The van der Waals surface area contributed by atoms with Crippen LogP contribution in [0.3, 0.4) is 0 Å². The first-order valence-corrected chi connectivity index (χ1v) is 11.9. The van der Waals surface area contributed by atoms with Gasteiger partial charge in [-0.1, -0.05) is 43.2 Å². The number of ether oxygens (including phenoxy) is 4. The van der Waals surface area contributed by atoms with Crippen LogP contribution in [0.2, 0.25) is 0 Å². The molecule has 2 aliphatic rings. The predicted octanol–water partition coefficient (Wildman–Crippen LogP) is 4.60. The van der Waals surface area contributed by atoms with Crippen molar-refractivity contribution in [2.75, 3.05) is 41.0 Å². The second kappa shape index (κ2) is 10.9. The van der Waals surface area contributed by atoms with Crippen molar-refractivity contribution >= 4 is 5.97 Å². The molecule has 1 unspecified atom stereocenters. The van der Waals surface area contributed by atoms with Crippen molar-refractivity contribution in [3.05, 3.63) is 53.6 Å². The van der Waals surface area contributed by atoms with Crippen LogP contribution in [0.5, 0.6) is 17.2 Å². The lowest BCUT2D eigenvalue weighted by Gasteiger charge is -2.42. The Morgan fingerprint density at radius 1 is 0.909 bits per heavy atom. The lowest BCUT2D eigenvalue weighted by atomic mass is 9.84. The zero-order valence-corrected chi connectivity index (χ0v) is 19.9. The van der Waals surface area contributed by atoms with E-state index in [0.717, 1.165) is 38.9 Å². The SMILES string of the molecule is COc1cc(C(=O)OC2[C@@H]3CCCC[C@H]2CN(CCc2ccccc2)C3)cc(OC)c1OC. The summed E-state index contributed by atoms with van der Waals surface area (Å²) in [4.78, 5) is 15.8. The number of esters is 1. The molecule has 0 aromatic heterocycles. The Balaban J connectivity index is 1.46. The Bertz CT molecular complexity index is 890. The number of methoxy groups -OCH3 is 3. The standard InChI is InChI=1S/C27H35NO5/c1-30-23-15-22(16-24(31-2)26(23)32-3)27(29)33-25-20-11-7-8-12-21(25)18-28(17-20)14-13-19-9-5-4-6-10-19/h4-6,9-10,15-16,20-21,25H,7-8,11-14,17-18H2,1-3H3/t20-,21+,25?. The van der Waals surface area contributed by atoms with Crippen molar-refractivity contribution in [1.82, 2.24) is 4.90 Å². The zero-order valence-electron chi connectivity index (χ0n) is 19.9. The summed E-state index contributed by atoms with van der Waals surface area (Å²) in [6, 6.07) is 14.0. The lowest BCUT2D eigenvalue weighted by Crippen LogP contribution is -2.50. The van der Waals surface area contributed by atoms with Crippen molar-refractivity contribution in [3.8, 4) is 17.2 Å². The molecule has 1 aliphatic carbocycles. The molecule has 1 saturated carbocycles.